The summed E-state index contributed by atoms with van der Waals surface area (Å²) in [6.07, 6.45) is 5.15. The van der Waals surface area contributed by atoms with Gasteiger partial charge in [0.2, 0.25) is 5.91 Å². The third-order valence-corrected chi connectivity index (χ3v) is 6.57. The van der Waals surface area contributed by atoms with Gasteiger partial charge in [0.15, 0.2) is 5.76 Å². The lowest BCUT2D eigenvalue weighted by Crippen LogP contribution is -2.14. The minimum atomic E-state index is -3.91. The first-order valence-corrected chi connectivity index (χ1v) is 11.6. The van der Waals surface area contributed by atoms with Crippen LogP contribution in [-0.2, 0) is 14.8 Å². The number of carbonyl (C=O) groups is 1. The van der Waals surface area contributed by atoms with Crippen LogP contribution in [0.4, 0.5) is 15.8 Å². The van der Waals surface area contributed by atoms with Crippen LogP contribution in [0.25, 0.3) is 12.2 Å². The summed E-state index contributed by atoms with van der Waals surface area (Å²) >= 11 is 5.90. The molecule has 2 aromatic carbocycles. The van der Waals surface area contributed by atoms with Crippen molar-refractivity contribution in [2.45, 2.75) is 24.7 Å². The van der Waals surface area contributed by atoms with Gasteiger partial charge in [0.25, 0.3) is 10.0 Å². The highest BCUT2D eigenvalue weighted by Gasteiger charge is 2.30. The Morgan fingerprint density at radius 1 is 1.19 bits per heavy atom. The molecular formula is C22H19ClFN3O4S. The summed E-state index contributed by atoms with van der Waals surface area (Å²) in [6, 6.07) is 9.49. The van der Waals surface area contributed by atoms with Gasteiger partial charge in [0, 0.05) is 5.92 Å². The van der Waals surface area contributed by atoms with Gasteiger partial charge in [-0.3, -0.25) is 9.52 Å². The second kappa shape index (κ2) is 8.76. The molecule has 1 aliphatic carbocycles. The van der Waals surface area contributed by atoms with Gasteiger partial charge >= 0.3 is 0 Å². The Balaban J connectivity index is 1.48. The third-order valence-electron chi connectivity index (χ3n) is 4.88. The first-order valence-electron chi connectivity index (χ1n) is 9.76. The molecule has 10 heteroatoms. The number of sulfonamides is 1. The first kappa shape index (κ1) is 22.0. The predicted octanol–water partition coefficient (Wildman–Crippen LogP) is 5.10. The Morgan fingerprint density at radius 2 is 1.91 bits per heavy atom. The van der Waals surface area contributed by atoms with E-state index in [1.54, 1.807) is 31.2 Å². The largest absolute Gasteiger partial charge is 0.354 e. The van der Waals surface area contributed by atoms with Crippen molar-refractivity contribution in [3.63, 3.8) is 0 Å². The summed E-state index contributed by atoms with van der Waals surface area (Å²) in [5.74, 6) is -0.157. The van der Waals surface area contributed by atoms with E-state index in [0.717, 1.165) is 25.0 Å². The van der Waals surface area contributed by atoms with Gasteiger partial charge in [-0.15, -0.1) is 0 Å². The van der Waals surface area contributed by atoms with Crippen molar-refractivity contribution < 1.29 is 22.1 Å². The van der Waals surface area contributed by atoms with E-state index in [2.05, 4.69) is 15.2 Å². The molecule has 0 unspecified atom stereocenters. The number of benzene rings is 2. The van der Waals surface area contributed by atoms with E-state index in [1.165, 1.54) is 18.2 Å². The molecule has 0 atom stereocenters. The van der Waals surface area contributed by atoms with Gasteiger partial charge in [-0.2, -0.15) is 0 Å². The van der Waals surface area contributed by atoms with E-state index in [-0.39, 0.29) is 27.4 Å². The maximum absolute atomic E-state index is 13.2. The molecule has 1 heterocycles. The van der Waals surface area contributed by atoms with Crippen molar-refractivity contribution in [3.8, 4) is 0 Å². The number of rotatable bonds is 7. The fraction of sp³-hybridized carbons (Fsp3) is 0.182. The number of carbonyl (C=O) groups excluding carboxylic acids is 1. The molecule has 32 heavy (non-hydrogen) atoms. The number of aryl methyl sites for hydroxylation is 1. The van der Waals surface area contributed by atoms with Crippen molar-refractivity contribution in [3.05, 3.63) is 70.3 Å². The van der Waals surface area contributed by atoms with Gasteiger partial charge in [-0.05, 0) is 61.7 Å². The van der Waals surface area contributed by atoms with Crippen LogP contribution < -0.4 is 10.0 Å². The average Bonchev–Trinajstić information content (AvgIpc) is 3.55. The fourth-order valence-corrected chi connectivity index (χ4v) is 4.28. The molecule has 7 nitrogen and oxygen atoms in total. The standard InChI is InChI=1S/C22H19ClFN3O4S/c1-13-21(25-22(28)15-5-6-15)20(31-26-13)11-4-14-2-8-17(9-3-14)32(29,30)27-19-10-7-16(24)12-18(19)23/h2-4,7-12,15,27H,5-6H2,1H3,(H,25,28). The van der Waals surface area contributed by atoms with Crippen LogP contribution in [0.3, 0.4) is 0 Å². The lowest BCUT2D eigenvalue weighted by Gasteiger charge is -2.10. The summed E-state index contributed by atoms with van der Waals surface area (Å²) < 4.78 is 46.0. The molecular weight excluding hydrogens is 457 g/mol. The zero-order chi connectivity index (χ0) is 22.9. The van der Waals surface area contributed by atoms with Crippen LogP contribution >= 0.6 is 11.6 Å². The SMILES string of the molecule is Cc1noc(C=Cc2ccc(S(=O)(=O)Nc3ccc(F)cc3Cl)cc2)c1NC(=O)C1CC1. The van der Waals surface area contributed by atoms with Crippen LogP contribution in [0.15, 0.2) is 51.9 Å². The molecule has 4 rings (SSSR count). The monoisotopic (exact) mass is 475 g/mol. The average molecular weight is 476 g/mol. The smallest absolute Gasteiger partial charge is 0.261 e. The van der Waals surface area contributed by atoms with E-state index in [9.17, 15) is 17.6 Å². The number of hydrogen-bond acceptors (Lipinski definition) is 5. The van der Waals surface area contributed by atoms with Crippen LogP contribution in [0.1, 0.15) is 29.9 Å². The molecule has 166 valence electrons. The molecule has 3 aromatic rings. The summed E-state index contributed by atoms with van der Waals surface area (Å²) in [5, 5.41) is 6.70. The zero-order valence-corrected chi connectivity index (χ0v) is 18.5. The number of halogens is 2. The predicted molar refractivity (Wildman–Crippen MR) is 120 cm³/mol. The second-order valence-corrected chi connectivity index (χ2v) is 9.49. The minimum absolute atomic E-state index is 0.0166. The number of nitrogens with zero attached hydrogens (tertiary/aromatic N) is 1. The number of anilines is 2. The molecule has 1 aliphatic rings. The molecule has 2 N–H and O–H groups in total. The Morgan fingerprint density at radius 3 is 2.56 bits per heavy atom. The van der Waals surface area contributed by atoms with Gasteiger partial charge in [0.05, 0.1) is 15.6 Å². The molecule has 1 fully saturated rings. The second-order valence-electron chi connectivity index (χ2n) is 7.40. The summed E-state index contributed by atoms with van der Waals surface area (Å²) in [4.78, 5) is 12.1. The van der Waals surface area contributed by atoms with Crippen molar-refractivity contribution in [1.29, 1.82) is 0 Å². The maximum atomic E-state index is 13.2. The number of nitrogens with one attached hydrogen (secondary N) is 2. The first-order chi connectivity index (χ1) is 15.2. The van der Waals surface area contributed by atoms with Gasteiger partial charge in [-0.1, -0.05) is 35.0 Å². The summed E-state index contributed by atoms with van der Waals surface area (Å²) in [7, 11) is -3.91. The minimum Gasteiger partial charge on any atom is -0.354 e. The Kier molecular flexibility index (Phi) is 6.03. The number of hydrogen-bond donors (Lipinski definition) is 2. The van der Waals surface area contributed by atoms with E-state index in [0.29, 0.717) is 22.7 Å². The normalized spacial score (nSPS) is 14.0. The highest BCUT2D eigenvalue weighted by atomic mass is 35.5. The maximum Gasteiger partial charge on any atom is 0.261 e. The molecule has 0 saturated heterocycles. The van der Waals surface area contributed by atoms with Crippen molar-refractivity contribution in [1.82, 2.24) is 5.16 Å². The molecule has 1 saturated carbocycles. The fourth-order valence-electron chi connectivity index (χ4n) is 2.93. The molecule has 1 amide bonds. The van der Waals surface area contributed by atoms with Crippen molar-refractivity contribution in [2.75, 3.05) is 10.0 Å². The van der Waals surface area contributed by atoms with Gasteiger partial charge < -0.3 is 9.84 Å². The molecule has 0 radical (unpaired) electrons. The topological polar surface area (TPSA) is 101 Å². The van der Waals surface area contributed by atoms with E-state index in [4.69, 9.17) is 16.1 Å². The van der Waals surface area contributed by atoms with E-state index in [1.807, 2.05) is 0 Å². The Bertz CT molecular complexity index is 1300. The highest BCUT2D eigenvalue weighted by molar-refractivity contribution is 7.92. The van der Waals surface area contributed by atoms with Crippen LogP contribution in [0.2, 0.25) is 5.02 Å². The van der Waals surface area contributed by atoms with Crippen LogP contribution in [0, 0.1) is 18.7 Å². The molecule has 0 aliphatic heterocycles. The molecule has 0 spiro atoms. The Labute approximate surface area is 189 Å². The van der Waals surface area contributed by atoms with E-state index < -0.39 is 15.8 Å². The summed E-state index contributed by atoms with van der Waals surface area (Å²) in [6.45, 7) is 1.74. The lowest BCUT2D eigenvalue weighted by atomic mass is 10.2. The number of aromatic nitrogens is 1. The quantitative estimate of drug-likeness (QED) is 0.495. The molecule has 1 aromatic heterocycles. The third kappa shape index (κ3) is 5.00. The summed E-state index contributed by atoms with van der Waals surface area (Å²) in [5.41, 5.74) is 1.89. The van der Waals surface area contributed by atoms with Crippen molar-refractivity contribution >= 4 is 51.1 Å². The zero-order valence-electron chi connectivity index (χ0n) is 16.9. The molecule has 0 bridgehead atoms. The van der Waals surface area contributed by atoms with E-state index >= 15 is 0 Å². The van der Waals surface area contributed by atoms with Crippen LogP contribution in [0.5, 0.6) is 0 Å². The van der Waals surface area contributed by atoms with Crippen LogP contribution in [-0.4, -0.2) is 19.5 Å². The van der Waals surface area contributed by atoms with Gasteiger partial charge in [0.1, 0.15) is 17.2 Å². The van der Waals surface area contributed by atoms with Crippen molar-refractivity contribution in [2.24, 2.45) is 5.92 Å². The number of amides is 1. The Hall–Kier alpha value is -3.17. The highest BCUT2D eigenvalue weighted by Crippen LogP contribution is 2.32. The van der Waals surface area contributed by atoms with Gasteiger partial charge in [-0.25, -0.2) is 12.8 Å². The lowest BCUT2D eigenvalue weighted by molar-refractivity contribution is -0.117.